The van der Waals surface area contributed by atoms with E-state index >= 15 is 0 Å². The highest BCUT2D eigenvalue weighted by Gasteiger charge is 2.13. The zero-order valence-electron chi connectivity index (χ0n) is 9.30. The molecule has 0 saturated heterocycles. The average Bonchev–Trinajstić information content (AvgIpc) is 2.97. The molecule has 3 heterocycles. The van der Waals surface area contributed by atoms with Crippen LogP contribution in [0.4, 0.5) is 0 Å². The molecule has 0 atom stereocenters. The summed E-state index contributed by atoms with van der Waals surface area (Å²) >= 11 is 1.16. The maximum absolute atomic E-state index is 11.7. The van der Waals surface area contributed by atoms with E-state index in [4.69, 9.17) is 0 Å². The predicted molar refractivity (Wildman–Crippen MR) is 65.6 cm³/mol. The minimum absolute atomic E-state index is 0.278. The minimum Gasteiger partial charge on any atom is -0.331 e. The quantitative estimate of drug-likeness (QED) is 0.674. The monoisotopic (exact) mass is 264 g/mol. The predicted octanol–water partition coefficient (Wildman–Crippen LogP) is -0.0487. The highest BCUT2D eigenvalue weighted by molar-refractivity contribution is 7.09. The van der Waals surface area contributed by atoms with Crippen molar-refractivity contribution >= 4 is 22.7 Å². The number of aromatic nitrogens is 6. The Morgan fingerprint density at radius 2 is 2.22 bits per heavy atom. The topological polar surface area (TPSA) is 109 Å². The molecule has 0 aliphatic rings. The Hall–Kier alpha value is -2.29. The summed E-state index contributed by atoms with van der Waals surface area (Å²) < 4.78 is 5.12. The van der Waals surface area contributed by atoms with E-state index in [-0.39, 0.29) is 5.52 Å². The molecular weight excluding hydrogens is 256 g/mol. The molecule has 0 saturated carbocycles. The first-order chi connectivity index (χ1) is 8.70. The molecule has 0 spiro atoms. The fourth-order valence-electron chi connectivity index (χ4n) is 1.72. The molecule has 0 aromatic carbocycles. The lowest BCUT2D eigenvalue weighted by Gasteiger charge is -1.99. The first-order valence-corrected chi connectivity index (χ1v) is 5.98. The summed E-state index contributed by atoms with van der Waals surface area (Å²) in [4.78, 5) is 33.4. The van der Waals surface area contributed by atoms with E-state index in [0.29, 0.717) is 22.9 Å². The van der Waals surface area contributed by atoms with Crippen LogP contribution in [0.15, 0.2) is 15.8 Å². The minimum atomic E-state index is -0.476. The Kier molecular flexibility index (Phi) is 2.33. The van der Waals surface area contributed by atoms with Gasteiger partial charge in [0.25, 0.3) is 5.56 Å². The molecule has 0 bridgehead atoms. The molecule has 0 radical (unpaired) electrons. The summed E-state index contributed by atoms with van der Waals surface area (Å²) in [6.07, 6.45) is 1.55. The smallest absolute Gasteiger partial charge is 0.330 e. The van der Waals surface area contributed by atoms with Crippen LogP contribution in [0.25, 0.3) is 21.9 Å². The number of H-pyrrole nitrogens is 2. The average molecular weight is 264 g/mol. The summed E-state index contributed by atoms with van der Waals surface area (Å²) in [5.41, 5.74) is -0.319. The van der Waals surface area contributed by atoms with E-state index in [9.17, 15) is 9.59 Å². The van der Waals surface area contributed by atoms with Crippen LogP contribution in [0.3, 0.4) is 0 Å². The molecule has 2 N–H and O–H groups in total. The number of rotatable bonds is 2. The summed E-state index contributed by atoms with van der Waals surface area (Å²) in [5, 5.41) is 3.71. The van der Waals surface area contributed by atoms with Gasteiger partial charge in [-0.3, -0.25) is 14.3 Å². The van der Waals surface area contributed by atoms with E-state index in [1.807, 2.05) is 6.92 Å². The second-order valence-corrected chi connectivity index (χ2v) is 4.36. The Morgan fingerprint density at radius 1 is 1.39 bits per heavy atom. The number of nitrogens with zero attached hydrogens (tertiary/aromatic N) is 4. The van der Waals surface area contributed by atoms with Gasteiger partial charge in [0, 0.05) is 6.54 Å². The molecule has 0 unspecified atom stereocenters. The molecule has 0 amide bonds. The van der Waals surface area contributed by atoms with E-state index < -0.39 is 11.2 Å². The fraction of sp³-hybridized carbons (Fsp3) is 0.222. The van der Waals surface area contributed by atoms with Crippen LogP contribution >= 0.6 is 11.5 Å². The van der Waals surface area contributed by atoms with Crippen molar-refractivity contribution in [3.63, 3.8) is 0 Å². The molecule has 3 rings (SSSR count). The number of aromatic amines is 2. The Morgan fingerprint density at radius 3 is 2.89 bits per heavy atom. The number of imidazole rings is 1. The van der Waals surface area contributed by atoms with Gasteiger partial charge >= 0.3 is 5.69 Å². The van der Waals surface area contributed by atoms with Gasteiger partial charge in [-0.2, -0.15) is 0 Å². The normalized spacial score (nSPS) is 11.2. The third-order valence-corrected chi connectivity index (χ3v) is 3.22. The van der Waals surface area contributed by atoms with Crippen LogP contribution < -0.4 is 11.2 Å². The Labute approximate surface area is 103 Å². The van der Waals surface area contributed by atoms with E-state index in [0.717, 1.165) is 11.5 Å². The largest absolute Gasteiger partial charge is 0.331 e. The molecule has 8 nitrogen and oxygen atoms in total. The van der Waals surface area contributed by atoms with Crippen LogP contribution in [-0.2, 0) is 6.54 Å². The lowest BCUT2D eigenvalue weighted by molar-refractivity contribution is 0.720. The SMILES string of the molecule is CCn1c(=O)[nH]c(=O)c2[nH]c(-c3cnns3)nc21. The van der Waals surface area contributed by atoms with Gasteiger partial charge in [0.05, 0.1) is 6.20 Å². The number of nitrogens with one attached hydrogen (secondary N) is 2. The number of fused-ring (bicyclic) bond motifs is 1. The van der Waals surface area contributed by atoms with E-state index in [1.54, 1.807) is 6.20 Å². The highest BCUT2D eigenvalue weighted by atomic mass is 32.1. The number of hydrogen-bond donors (Lipinski definition) is 2. The summed E-state index contributed by atoms with van der Waals surface area (Å²) in [5.74, 6) is 0.485. The molecule has 3 aromatic heterocycles. The van der Waals surface area contributed by atoms with Gasteiger partial charge in [0.1, 0.15) is 10.4 Å². The van der Waals surface area contributed by atoms with Crippen molar-refractivity contribution in [3.8, 4) is 10.7 Å². The van der Waals surface area contributed by atoms with Gasteiger partial charge < -0.3 is 4.98 Å². The molecule has 0 fully saturated rings. The Bertz CT molecular complexity index is 812. The lowest BCUT2D eigenvalue weighted by atomic mass is 10.5. The van der Waals surface area contributed by atoms with Crippen molar-refractivity contribution in [1.29, 1.82) is 0 Å². The van der Waals surface area contributed by atoms with Gasteiger partial charge in [0.2, 0.25) is 0 Å². The van der Waals surface area contributed by atoms with Gasteiger partial charge in [0.15, 0.2) is 11.5 Å². The second-order valence-electron chi connectivity index (χ2n) is 3.57. The van der Waals surface area contributed by atoms with E-state index in [1.165, 1.54) is 4.57 Å². The van der Waals surface area contributed by atoms with Crippen molar-refractivity contribution in [1.82, 2.24) is 29.1 Å². The van der Waals surface area contributed by atoms with Crippen LogP contribution in [0.5, 0.6) is 0 Å². The van der Waals surface area contributed by atoms with Crippen molar-refractivity contribution in [2.75, 3.05) is 0 Å². The number of aryl methyl sites for hydroxylation is 1. The van der Waals surface area contributed by atoms with Gasteiger partial charge in [-0.15, -0.1) is 5.10 Å². The highest BCUT2D eigenvalue weighted by Crippen LogP contribution is 2.19. The zero-order chi connectivity index (χ0) is 12.7. The molecular formula is C9H8N6O2S. The molecule has 92 valence electrons. The third kappa shape index (κ3) is 1.48. The van der Waals surface area contributed by atoms with Crippen LogP contribution in [-0.4, -0.2) is 29.1 Å². The summed E-state index contributed by atoms with van der Waals surface area (Å²) in [6, 6.07) is 0. The van der Waals surface area contributed by atoms with Gasteiger partial charge in [-0.25, -0.2) is 9.78 Å². The molecule has 9 heteroatoms. The number of hydrogen-bond acceptors (Lipinski definition) is 6. The maximum atomic E-state index is 11.7. The molecule has 0 aliphatic heterocycles. The van der Waals surface area contributed by atoms with Gasteiger partial charge in [-0.05, 0) is 18.5 Å². The first-order valence-electron chi connectivity index (χ1n) is 5.21. The molecule has 3 aromatic rings. The Balaban J connectivity index is 2.39. The van der Waals surface area contributed by atoms with Crippen LogP contribution in [0.2, 0.25) is 0 Å². The molecule has 0 aliphatic carbocycles. The van der Waals surface area contributed by atoms with Crippen molar-refractivity contribution in [3.05, 3.63) is 27.0 Å². The van der Waals surface area contributed by atoms with Crippen molar-refractivity contribution < 1.29 is 0 Å². The molecule has 18 heavy (non-hydrogen) atoms. The summed E-state index contributed by atoms with van der Waals surface area (Å²) in [6.45, 7) is 2.24. The van der Waals surface area contributed by atoms with Crippen molar-refractivity contribution in [2.24, 2.45) is 0 Å². The third-order valence-electron chi connectivity index (χ3n) is 2.54. The lowest BCUT2D eigenvalue weighted by Crippen LogP contribution is -2.29. The standard InChI is InChI=1S/C9H8N6O2S/c1-2-15-7-5(8(16)13-9(15)17)11-6(12-7)4-3-10-14-18-4/h3H,2H2,1H3,(H,11,12)(H,13,16,17). The fourth-order valence-corrected chi connectivity index (χ4v) is 2.18. The van der Waals surface area contributed by atoms with Gasteiger partial charge in [-0.1, -0.05) is 4.49 Å². The van der Waals surface area contributed by atoms with Crippen LogP contribution in [0.1, 0.15) is 6.92 Å². The second kappa shape index (κ2) is 3.88. The summed E-state index contributed by atoms with van der Waals surface area (Å²) in [7, 11) is 0. The zero-order valence-corrected chi connectivity index (χ0v) is 10.1. The first kappa shape index (κ1) is 10.8. The van der Waals surface area contributed by atoms with E-state index in [2.05, 4.69) is 24.5 Å². The maximum Gasteiger partial charge on any atom is 0.330 e. The van der Waals surface area contributed by atoms with Crippen molar-refractivity contribution in [2.45, 2.75) is 13.5 Å². The van der Waals surface area contributed by atoms with Crippen LogP contribution in [0, 0.1) is 0 Å².